The van der Waals surface area contributed by atoms with Gasteiger partial charge in [0.1, 0.15) is 5.69 Å². The summed E-state index contributed by atoms with van der Waals surface area (Å²) in [7, 11) is 1.13. The molecule has 5 nitrogen and oxygen atoms in total. The molecule has 1 aromatic heterocycles. The fraction of sp³-hybridized carbons (Fsp3) is 0.0909. The van der Waals surface area contributed by atoms with Crippen LogP contribution in [0.1, 0.15) is 10.6 Å². The minimum atomic E-state index is -1.34. The summed E-state index contributed by atoms with van der Waals surface area (Å²) in [4.78, 5) is 10.7. The fourth-order valence-corrected chi connectivity index (χ4v) is 1.66. The highest BCUT2D eigenvalue weighted by Gasteiger charge is 2.22. The van der Waals surface area contributed by atoms with E-state index in [1.54, 1.807) is 0 Å². The molecule has 2 aromatic rings. The number of hydrogen-bond acceptors (Lipinski definition) is 4. The average Bonchev–Trinajstić information content (AvgIpc) is 2.85. The standard InChI is InChI=1S/C11H6ClF2NO4/c1-18-10-4(2-5(12)8(13)9(10)14)6-3-7(11(16)17)19-15-6/h2-3H,1H3,(H,16,17). The van der Waals surface area contributed by atoms with Gasteiger partial charge >= 0.3 is 5.97 Å². The lowest BCUT2D eigenvalue weighted by Crippen LogP contribution is -1.97. The fourth-order valence-electron chi connectivity index (χ4n) is 1.47. The van der Waals surface area contributed by atoms with Gasteiger partial charge in [-0.3, -0.25) is 0 Å². The Kier molecular flexibility index (Phi) is 3.39. The van der Waals surface area contributed by atoms with Crippen LogP contribution in [0, 0.1) is 11.6 Å². The monoisotopic (exact) mass is 289 g/mol. The van der Waals surface area contributed by atoms with Crippen LogP contribution in [0.3, 0.4) is 0 Å². The van der Waals surface area contributed by atoms with E-state index >= 15 is 0 Å². The lowest BCUT2D eigenvalue weighted by Gasteiger charge is -2.08. The van der Waals surface area contributed by atoms with Gasteiger partial charge in [-0.05, 0) is 6.07 Å². The van der Waals surface area contributed by atoms with Crippen LogP contribution < -0.4 is 4.74 Å². The van der Waals surface area contributed by atoms with Crippen LogP contribution in [0.4, 0.5) is 8.78 Å². The van der Waals surface area contributed by atoms with Gasteiger partial charge in [0.2, 0.25) is 11.6 Å². The second-order valence-corrected chi connectivity index (χ2v) is 3.86. The molecule has 1 aromatic carbocycles. The average molecular weight is 290 g/mol. The zero-order valence-electron chi connectivity index (χ0n) is 9.41. The first-order valence-corrected chi connectivity index (χ1v) is 5.25. The summed E-state index contributed by atoms with van der Waals surface area (Å²) in [6, 6.07) is 2.12. The molecular formula is C11H6ClF2NO4. The van der Waals surface area contributed by atoms with Gasteiger partial charge in [-0.25, -0.2) is 9.18 Å². The Hall–Kier alpha value is -2.15. The maximum Gasteiger partial charge on any atom is 0.374 e. The summed E-state index contributed by atoms with van der Waals surface area (Å²) >= 11 is 5.52. The molecule has 0 unspecified atom stereocenters. The summed E-state index contributed by atoms with van der Waals surface area (Å²) in [6.45, 7) is 0. The van der Waals surface area contributed by atoms with Crippen LogP contribution in [0.5, 0.6) is 5.75 Å². The van der Waals surface area contributed by atoms with E-state index < -0.39 is 34.1 Å². The number of ether oxygens (including phenoxy) is 1. The third kappa shape index (κ3) is 2.24. The molecule has 1 N–H and O–H groups in total. The van der Waals surface area contributed by atoms with Crippen molar-refractivity contribution in [3.05, 3.63) is 34.6 Å². The number of hydrogen-bond donors (Lipinski definition) is 1. The number of methoxy groups -OCH3 is 1. The number of carboxylic acid groups (broad SMARTS) is 1. The van der Waals surface area contributed by atoms with Gasteiger partial charge in [0.25, 0.3) is 0 Å². The summed E-state index contributed by atoms with van der Waals surface area (Å²) in [5.74, 6) is -4.77. The predicted molar refractivity (Wildman–Crippen MR) is 60.4 cm³/mol. The predicted octanol–water partition coefficient (Wildman–Crippen LogP) is 2.98. The van der Waals surface area contributed by atoms with Crippen molar-refractivity contribution in [2.45, 2.75) is 0 Å². The maximum atomic E-state index is 13.6. The number of aromatic carboxylic acids is 1. The van der Waals surface area contributed by atoms with Crippen molar-refractivity contribution in [1.82, 2.24) is 5.16 Å². The quantitative estimate of drug-likeness (QED) is 0.879. The zero-order chi connectivity index (χ0) is 14.2. The van der Waals surface area contributed by atoms with Gasteiger partial charge in [0.05, 0.1) is 17.7 Å². The number of nitrogens with zero attached hydrogens (tertiary/aromatic N) is 1. The Bertz CT molecular complexity index is 656. The highest BCUT2D eigenvalue weighted by Crippen LogP contribution is 2.36. The molecule has 0 bridgehead atoms. The van der Waals surface area contributed by atoms with Crippen LogP contribution >= 0.6 is 11.6 Å². The Morgan fingerprint density at radius 1 is 1.42 bits per heavy atom. The SMILES string of the molecule is COc1c(-c2cc(C(=O)O)on2)cc(Cl)c(F)c1F. The Morgan fingerprint density at radius 2 is 2.11 bits per heavy atom. The first-order valence-electron chi connectivity index (χ1n) is 4.87. The van der Waals surface area contributed by atoms with Gasteiger partial charge in [0, 0.05) is 6.07 Å². The number of aromatic nitrogens is 1. The molecular weight excluding hydrogens is 284 g/mol. The first-order chi connectivity index (χ1) is 8.95. The largest absolute Gasteiger partial charge is 0.493 e. The number of halogens is 3. The van der Waals surface area contributed by atoms with E-state index in [-0.39, 0.29) is 11.3 Å². The Balaban J connectivity index is 2.63. The van der Waals surface area contributed by atoms with Crippen molar-refractivity contribution in [1.29, 1.82) is 0 Å². The normalized spacial score (nSPS) is 10.5. The molecule has 0 aliphatic carbocycles. The number of rotatable bonds is 3. The second kappa shape index (κ2) is 4.85. The van der Waals surface area contributed by atoms with Gasteiger partial charge in [-0.1, -0.05) is 16.8 Å². The van der Waals surface area contributed by atoms with E-state index in [4.69, 9.17) is 21.4 Å². The molecule has 0 aliphatic rings. The highest BCUT2D eigenvalue weighted by atomic mass is 35.5. The molecule has 1 heterocycles. The van der Waals surface area contributed by atoms with Crippen LogP contribution in [0.2, 0.25) is 5.02 Å². The minimum Gasteiger partial charge on any atom is -0.493 e. The molecule has 0 atom stereocenters. The van der Waals surface area contributed by atoms with E-state index in [2.05, 4.69) is 9.68 Å². The van der Waals surface area contributed by atoms with Crippen LogP contribution in [0.25, 0.3) is 11.3 Å². The summed E-state index contributed by atoms with van der Waals surface area (Å²) in [5, 5.41) is 11.7. The van der Waals surface area contributed by atoms with Crippen molar-refractivity contribution in [2.75, 3.05) is 7.11 Å². The third-order valence-electron chi connectivity index (χ3n) is 2.32. The molecule has 19 heavy (non-hydrogen) atoms. The smallest absolute Gasteiger partial charge is 0.374 e. The molecule has 0 aliphatic heterocycles. The van der Waals surface area contributed by atoms with Crippen molar-refractivity contribution < 1.29 is 27.9 Å². The van der Waals surface area contributed by atoms with E-state index in [0.717, 1.165) is 19.2 Å². The molecule has 8 heteroatoms. The number of benzene rings is 1. The van der Waals surface area contributed by atoms with Crippen LogP contribution in [-0.4, -0.2) is 23.3 Å². The van der Waals surface area contributed by atoms with Crippen molar-refractivity contribution in [2.24, 2.45) is 0 Å². The van der Waals surface area contributed by atoms with E-state index in [0.29, 0.717) is 0 Å². The van der Waals surface area contributed by atoms with E-state index in [1.165, 1.54) is 0 Å². The topological polar surface area (TPSA) is 72.6 Å². The van der Waals surface area contributed by atoms with Crippen LogP contribution in [-0.2, 0) is 0 Å². The minimum absolute atomic E-state index is 0.0114. The van der Waals surface area contributed by atoms with Crippen LogP contribution in [0.15, 0.2) is 16.7 Å². The maximum absolute atomic E-state index is 13.6. The summed E-state index contributed by atoms with van der Waals surface area (Å²) in [6.07, 6.45) is 0. The molecule has 0 spiro atoms. The van der Waals surface area contributed by atoms with Crippen molar-refractivity contribution in [3.63, 3.8) is 0 Å². The third-order valence-corrected chi connectivity index (χ3v) is 2.59. The molecule has 100 valence electrons. The number of carbonyl (C=O) groups is 1. The molecule has 0 radical (unpaired) electrons. The Labute approximate surface area is 110 Å². The molecule has 0 fully saturated rings. The number of carboxylic acids is 1. The molecule has 0 saturated heterocycles. The van der Waals surface area contributed by atoms with Crippen molar-refractivity contribution in [3.8, 4) is 17.0 Å². The second-order valence-electron chi connectivity index (χ2n) is 3.45. The summed E-state index contributed by atoms with van der Waals surface area (Å²) < 4.78 is 36.2. The lowest BCUT2D eigenvalue weighted by atomic mass is 10.1. The van der Waals surface area contributed by atoms with Gasteiger partial charge in [-0.15, -0.1) is 0 Å². The zero-order valence-corrected chi connectivity index (χ0v) is 10.2. The van der Waals surface area contributed by atoms with Gasteiger partial charge < -0.3 is 14.4 Å². The lowest BCUT2D eigenvalue weighted by molar-refractivity contribution is 0.0652. The Morgan fingerprint density at radius 3 is 2.63 bits per heavy atom. The first kappa shape index (κ1) is 13.3. The highest BCUT2D eigenvalue weighted by molar-refractivity contribution is 6.31. The van der Waals surface area contributed by atoms with E-state index in [9.17, 15) is 13.6 Å². The molecule has 0 amide bonds. The van der Waals surface area contributed by atoms with Crippen molar-refractivity contribution >= 4 is 17.6 Å². The molecule has 0 saturated carbocycles. The molecule has 2 rings (SSSR count). The van der Waals surface area contributed by atoms with Gasteiger partial charge in [0.15, 0.2) is 11.6 Å². The van der Waals surface area contributed by atoms with Gasteiger partial charge in [-0.2, -0.15) is 4.39 Å². The van der Waals surface area contributed by atoms with E-state index in [1.807, 2.05) is 0 Å². The summed E-state index contributed by atoms with van der Waals surface area (Å²) in [5.41, 5.74) is -0.0438.